The van der Waals surface area contributed by atoms with Gasteiger partial charge in [-0.05, 0) is 42.5 Å². The first-order valence-corrected chi connectivity index (χ1v) is 8.15. The molecule has 0 aliphatic heterocycles. The molecule has 22 heavy (non-hydrogen) atoms. The summed E-state index contributed by atoms with van der Waals surface area (Å²) in [5.74, 6) is -0.235. The zero-order chi connectivity index (χ0) is 15.5. The highest BCUT2D eigenvalue weighted by Gasteiger charge is 2.24. The summed E-state index contributed by atoms with van der Waals surface area (Å²) in [6.45, 7) is 2.07. The van der Waals surface area contributed by atoms with Gasteiger partial charge in [-0.15, -0.1) is 10.2 Å². The SMILES string of the molecule is CCCc1nnc(NC(=O)NC2CCc3cc(F)ccc32)s1. The Morgan fingerprint density at radius 3 is 3.14 bits per heavy atom. The summed E-state index contributed by atoms with van der Waals surface area (Å²) in [6.07, 6.45) is 3.42. The number of urea groups is 1. The average Bonchev–Trinajstić information content (AvgIpc) is 3.07. The van der Waals surface area contributed by atoms with Crippen LogP contribution in [0.15, 0.2) is 18.2 Å². The molecule has 1 aliphatic rings. The summed E-state index contributed by atoms with van der Waals surface area (Å²) in [5.41, 5.74) is 1.95. The molecule has 0 bridgehead atoms. The van der Waals surface area contributed by atoms with Crippen LogP contribution in [-0.4, -0.2) is 16.2 Å². The van der Waals surface area contributed by atoms with Crippen molar-refractivity contribution in [2.75, 3.05) is 5.32 Å². The minimum atomic E-state index is -0.304. The second-order valence-electron chi connectivity index (χ2n) is 5.28. The molecule has 1 aromatic heterocycles. The first-order valence-electron chi connectivity index (χ1n) is 7.34. The van der Waals surface area contributed by atoms with E-state index in [0.29, 0.717) is 5.13 Å². The number of fused-ring (bicyclic) bond motifs is 1. The van der Waals surface area contributed by atoms with Crippen LogP contribution in [0.4, 0.5) is 14.3 Å². The zero-order valence-electron chi connectivity index (χ0n) is 12.2. The smallest absolute Gasteiger partial charge is 0.321 e. The Hall–Kier alpha value is -2.02. The Labute approximate surface area is 132 Å². The molecule has 5 nitrogen and oxygen atoms in total. The minimum Gasteiger partial charge on any atom is -0.331 e. The number of nitrogens with zero attached hydrogens (tertiary/aromatic N) is 2. The van der Waals surface area contributed by atoms with Crippen molar-refractivity contribution in [3.63, 3.8) is 0 Å². The molecule has 2 N–H and O–H groups in total. The van der Waals surface area contributed by atoms with Crippen LogP contribution in [0.3, 0.4) is 0 Å². The van der Waals surface area contributed by atoms with E-state index in [2.05, 4.69) is 27.8 Å². The standard InChI is InChI=1S/C15H17FN4OS/c1-2-3-13-19-20-15(22-13)18-14(21)17-12-7-4-9-8-10(16)5-6-11(9)12/h5-6,8,12H,2-4,7H2,1H3,(H2,17,18,20,21). The van der Waals surface area contributed by atoms with Gasteiger partial charge in [-0.2, -0.15) is 0 Å². The predicted molar refractivity (Wildman–Crippen MR) is 83.5 cm³/mol. The van der Waals surface area contributed by atoms with Crippen LogP contribution in [0, 0.1) is 5.82 Å². The fraction of sp³-hybridized carbons (Fsp3) is 0.400. The van der Waals surface area contributed by atoms with Crippen LogP contribution >= 0.6 is 11.3 Å². The number of rotatable bonds is 4. The molecule has 1 atom stereocenters. The third kappa shape index (κ3) is 3.24. The molecule has 1 aliphatic carbocycles. The topological polar surface area (TPSA) is 66.9 Å². The third-order valence-electron chi connectivity index (χ3n) is 3.64. The lowest BCUT2D eigenvalue weighted by molar-refractivity contribution is 0.248. The van der Waals surface area contributed by atoms with Gasteiger partial charge < -0.3 is 5.32 Å². The third-order valence-corrected chi connectivity index (χ3v) is 4.54. The summed E-state index contributed by atoms with van der Waals surface area (Å²) in [6, 6.07) is 4.32. The number of hydrogen-bond acceptors (Lipinski definition) is 4. The highest BCUT2D eigenvalue weighted by atomic mass is 32.1. The van der Waals surface area contributed by atoms with Gasteiger partial charge in [-0.3, -0.25) is 5.32 Å². The molecule has 0 fully saturated rings. The first kappa shape index (κ1) is 14.9. The number of amides is 2. The minimum absolute atomic E-state index is 0.0846. The molecular weight excluding hydrogens is 303 g/mol. The van der Waals surface area contributed by atoms with E-state index in [9.17, 15) is 9.18 Å². The Morgan fingerprint density at radius 2 is 2.32 bits per heavy atom. The summed E-state index contributed by atoms with van der Waals surface area (Å²) in [4.78, 5) is 12.1. The number of carbonyl (C=O) groups excluding carboxylic acids is 1. The largest absolute Gasteiger partial charge is 0.331 e. The van der Waals surface area contributed by atoms with Crippen molar-refractivity contribution in [2.45, 2.75) is 38.6 Å². The fourth-order valence-electron chi connectivity index (χ4n) is 2.65. The van der Waals surface area contributed by atoms with Crippen molar-refractivity contribution in [1.82, 2.24) is 15.5 Å². The highest BCUT2D eigenvalue weighted by molar-refractivity contribution is 7.15. The van der Waals surface area contributed by atoms with Crippen LogP contribution in [0.1, 0.15) is 41.9 Å². The van der Waals surface area contributed by atoms with Crippen LogP contribution < -0.4 is 10.6 Å². The Morgan fingerprint density at radius 1 is 1.45 bits per heavy atom. The molecule has 1 aromatic carbocycles. The number of halogens is 1. The fourth-order valence-corrected chi connectivity index (χ4v) is 3.48. The van der Waals surface area contributed by atoms with Gasteiger partial charge in [0.1, 0.15) is 10.8 Å². The molecular formula is C15H17FN4OS. The van der Waals surface area contributed by atoms with Gasteiger partial charge in [0.05, 0.1) is 6.04 Å². The van der Waals surface area contributed by atoms with Gasteiger partial charge in [0, 0.05) is 6.42 Å². The van der Waals surface area contributed by atoms with E-state index in [-0.39, 0.29) is 17.9 Å². The molecule has 0 radical (unpaired) electrons. The Balaban J connectivity index is 1.61. The maximum absolute atomic E-state index is 13.2. The summed E-state index contributed by atoms with van der Waals surface area (Å²) in [5, 5.41) is 15.0. The molecule has 0 saturated carbocycles. The molecule has 1 unspecified atom stereocenters. The van der Waals surface area contributed by atoms with E-state index in [1.807, 2.05) is 0 Å². The lowest BCUT2D eigenvalue weighted by Crippen LogP contribution is -2.31. The monoisotopic (exact) mass is 320 g/mol. The van der Waals surface area contributed by atoms with Crippen molar-refractivity contribution >= 4 is 22.5 Å². The second-order valence-corrected chi connectivity index (χ2v) is 6.35. The maximum atomic E-state index is 13.2. The summed E-state index contributed by atoms with van der Waals surface area (Å²) in [7, 11) is 0. The van der Waals surface area contributed by atoms with Crippen molar-refractivity contribution in [2.24, 2.45) is 0 Å². The van der Waals surface area contributed by atoms with E-state index in [1.54, 1.807) is 6.07 Å². The van der Waals surface area contributed by atoms with E-state index in [1.165, 1.54) is 23.5 Å². The molecule has 3 rings (SSSR count). The van der Waals surface area contributed by atoms with Gasteiger partial charge in [0.15, 0.2) is 0 Å². The van der Waals surface area contributed by atoms with E-state index in [4.69, 9.17) is 0 Å². The van der Waals surface area contributed by atoms with Crippen molar-refractivity contribution in [3.05, 3.63) is 40.2 Å². The number of carbonyl (C=O) groups is 1. The quantitative estimate of drug-likeness (QED) is 0.907. The normalized spacial score (nSPS) is 16.4. The predicted octanol–water partition coefficient (Wildman–Crippen LogP) is 3.44. The van der Waals surface area contributed by atoms with Crippen LogP contribution in [-0.2, 0) is 12.8 Å². The maximum Gasteiger partial charge on any atom is 0.321 e. The van der Waals surface area contributed by atoms with Gasteiger partial charge in [0.25, 0.3) is 0 Å². The Bertz CT molecular complexity index is 688. The summed E-state index contributed by atoms with van der Waals surface area (Å²) >= 11 is 1.39. The van der Waals surface area contributed by atoms with Gasteiger partial charge in [0.2, 0.25) is 5.13 Å². The zero-order valence-corrected chi connectivity index (χ0v) is 13.0. The molecule has 1 heterocycles. The molecule has 2 amide bonds. The molecule has 0 spiro atoms. The van der Waals surface area contributed by atoms with E-state index >= 15 is 0 Å². The lowest BCUT2D eigenvalue weighted by Gasteiger charge is -2.13. The number of nitrogens with one attached hydrogen (secondary N) is 2. The first-order chi connectivity index (χ1) is 10.7. The van der Waals surface area contributed by atoms with Crippen molar-refractivity contribution in [3.8, 4) is 0 Å². The number of aromatic nitrogens is 2. The van der Waals surface area contributed by atoms with Gasteiger partial charge >= 0.3 is 6.03 Å². The van der Waals surface area contributed by atoms with E-state index < -0.39 is 0 Å². The number of aryl methyl sites for hydroxylation is 2. The summed E-state index contributed by atoms with van der Waals surface area (Å²) < 4.78 is 13.2. The Kier molecular flexibility index (Phi) is 4.33. The van der Waals surface area contributed by atoms with Crippen LogP contribution in [0.2, 0.25) is 0 Å². The van der Waals surface area contributed by atoms with Crippen molar-refractivity contribution < 1.29 is 9.18 Å². The average molecular weight is 320 g/mol. The molecule has 2 aromatic rings. The van der Waals surface area contributed by atoms with Crippen molar-refractivity contribution in [1.29, 1.82) is 0 Å². The van der Waals surface area contributed by atoms with E-state index in [0.717, 1.165) is 41.8 Å². The van der Waals surface area contributed by atoms with Gasteiger partial charge in [-0.1, -0.05) is 24.3 Å². The molecule has 7 heteroatoms. The highest BCUT2D eigenvalue weighted by Crippen LogP contribution is 2.31. The molecule has 0 saturated heterocycles. The second kappa shape index (κ2) is 6.39. The number of anilines is 1. The van der Waals surface area contributed by atoms with Crippen LogP contribution in [0.5, 0.6) is 0 Å². The molecule has 116 valence electrons. The van der Waals surface area contributed by atoms with Gasteiger partial charge in [-0.25, -0.2) is 9.18 Å². The number of benzene rings is 1. The lowest BCUT2D eigenvalue weighted by atomic mass is 10.1. The van der Waals surface area contributed by atoms with Crippen LogP contribution in [0.25, 0.3) is 0 Å². The number of hydrogen-bond donors (Lipinski definition) is 2.